The molecule has 1 unspecified atom stereocenters. The third-order valence-electron chi connectivity index (χ3n) is 3.65. The number of nitrogens with one attached hydrogen (secondary N) is 2. The summed E-state index contributed by atoms with van der Waals surface area (Å²) >= 11 is 0. The molecule has 0 aliphatic heterocycles. The van der Waals surface area contributed by atoms with E-state index in [-0.39, 0.29) is 36.6 Å². The van der Waals surface area contributed by atoms with Gasteiger partial charge >= 0.3 is 0 Å². The van der Waals surface area contributed by atoms with Crippen molar-refractivity contribution in [2.75, 3.05) is 45.2 Å². The fraction of sp³-hybridized carbons (Fsp3) is 0.588. The molecule has 24 heavy (non-hydrogen) atoms. The van der Waals surface area contributed by atoms with Gasteiger partial charge in [0, 0.05) is 24.7 Å². The molecule has 5 nitrogen and oxygen atoms in total. The van der Waals surface area contributed by atoms with Crippen molar-refractivity contribution in [3.8, 4) is 5.75 Å². The number of hydrogen-bond acceptors (Lipinski definition) is 4. The summed E-state index contributed by atoms with van der Waals surface area (Å²) in [6.45, 7) is 10.5. The van der Waals surface area contributed by atoms with Gasteiger partial charge in [0.15, 0.2) is 0 Å². The molecule has 1 aromatic rings. The van der Waals surface area contributed by atoms with E-state index in [1.807, 2.05) is 38.2 Å². The van der Waals surface area contributed by atoms with Crippen molar-refractivity contribution in [1.29, 1.82) is 0 Å². The maximum Gasteiger partial charge on any atom is 0.228 e. The molecule has 0 fully saturated rings. The van der Waals surface area contributed by atoms with Crippen LogP contribution in [0.5, 0.6) is 5.75 Å². The Morgan fingerprint density at radius 1 is 1.17 bits per heavy atom. The van der Waals surface area contributed by atoms with Crippen molar-refractivity contribution < 1.29 is 9.53 Å². The molecule has 1 rings (SSSR count). The second-order valence-corrected chi connectivity index (χ2v) is 5.35. The molecule has 0 radical (unpaired) electrons. The summed E-state index contributed by atoms with van der Waals surface area (Å²) in [5.74, 6) is 0.785. The zero-order chi connectivity index (χ0) is 16.4. The fourth-order valence-corrected chi connectivity index (χ4v) is 2.13. The average Bonchev–Trinajstić information content (AvgIpc) is 2.53. The average molecular weight is 380 g/mol. The van der Waals surface area contributed by atoms with E-state index in [0.717, 1.165) is 31.1 Å². The van der Waals surface area contributed by atoms with Crippen LogP contribution in [-0.4, -0.2) is 50.6 Å². The fourth-order valence-electron chi connectivity index (χ4n) is 2.13. The lowest BCUT2D eigenvalue weighted by molar-refractivity contribution is -0.119. The highest BCUT2D eigenvalue weighted by molar-refractivity contribution is 5.92. The SMILES string of the molecule is CCN(CC)CCOc1ccc(NC(=O)C(C)CNC)cc1.Cl.Cl. The van der Waals surface area contributed by atoms with Crippen LogP contribution >= 0.6 is 24.8 Å². The molecule has 7 heteroatoms. The minimum Gasteiger partial charge on any atom is -0.492 e. The summed E-state index contributed by atoms with van der Waals surface area (Å²) in [4.78, 5) is 14.2. The van der Waals surface area contributed by atoms with Crippen molar-refractivity contribution in [2.45, 2.75) is 20.8 Å². The highest BCUT2D eigenvalue weighted by Gasteiger charge is 2.11. The van der Waals surface area contributed by atoms with Crippen LogP contribution in [-0.2, 0) is 4.79 Å². The van der Waals surface area contributed by atoms with Gasteiger partial charge in [-0.2, -0.15) is 0 Å². The van der Waals surface area contributed by atoms with E-state index in [4.69, 9.17) is 4.74 Å². The van der Waals surface area contributed by atoms with Gasteiger partial charge in [0.1, 0.15) is 12.4 Å². The molecular weight excluding hydrogens is 349 g/mol. The van der Waals surface area contributed by atoms with E-state index >= 15 is 0 Å². The molecule has 0 aliphatic rings. The highest BCUT2D eigenvalue weighted by atomic mass is 35.5. The van der Waals surface area contributed by atoms with Gasteiger partial charge in [-0.15, -0.1) is 24.8 Å². The van der Waals surface area contributed by atoms with E-state index in [9.17, 15) is 4.79 Å². The topological polar surface area (TPSA) is 53.6 Å². The smallest absolute Gasteiger partial charge is 0.228 e. The van der Waals surface area contributed by atoms with Gasteiger partial charge in [0.2, 0.25) is 5.91 Å². The first kappa shape index (κ1) is 25.2. The Kier molecular flexibility index (Phi) is 15.1. The summed E-state index contributed by atoms with van der Waals surface area (Å²) in [5.41, 5.74) is 0.795. The molecule has 0 bridgehead atoms. The highest BCUT2D eigenvalue weighted by Crippen LogP contribution is 2.16. The number of benzene rings is 1. The third-order valence-corrected chi connectivity index (χ3v) is 3.65. The van der Waals surface area contributed by atoms with E-state index in [1.165, 1.54) is 0 Å². The number of rotatable bonds is 10. The van der Waals surface area contributed by atoms with Crippen LogP contribution < -0.4 is 15.4 Å². The maximum absolute atomic E-state index is 11.9. The third kappa shape index (κ3) is 9.33. The molecule has 1 amide bonds. The number of ether oxygens (including phenoxy) is 1. The molecule has 0 heterocycles. The monoisotopic (exact) mass is 379 g/mol. The van der Waals surface area contributed by atoms with Crippen LogP contribution in [0.15, 0.2) is 24.3 Å². The molecule has 0 saturated heterocycles. The van der Waals surface area contributed by atoms with Gasteiger partial charge < -0.3 is 20.3 Å². The number of nitrogens with zero attached hydrogens (tertiary/aromatic N) is 1. The van der Waals surface area contributed by atoms with Crippen molar-refractivity contribution in [3.05, 3.63) is 24.3 Å². The zero-order valence-electron chi connectivity index (χ0n) is 15.0. The van der Waals surface area contributed by atoms with E-state index in [2.05, 4.69) is 29.4 Å². The number of anilines is 1. The van der Waals surface area contributed by atoms with Crippen LogP contribution in [0.25, 0.3) is 0 Å². The van der Waals surface area contributed by atoms with Crippen molar-refractivity contribution in [2.24, 2.45) is 5.92 Å². The van der Waals surface area contributed by atoms with Crippen molar-refractivity contribution in [3.63, 3.8) is 0 Å². The van der Waals surface area contributed by atoms with Gasteiger partial charge in [0.05, 0.1) is 0 Å². The van der Waals surface area contributed by atoms with E-state index < -0.39 is 0 Å². The zero-order valence-corrected chi connectivity index (χ0v) is 16.6. The standard InChI is InChI=1S/C17H29N3O2.2ClH/c1-5-20(6-2)11-12-22-16-9-7-15(8-10-16)19-17(21)14(3)13-18-4;;/h7-10,14,18H,5-6,11-13H2,1-4H3,(H,19,21);2*1H. The van der Waals surface area contributed by atoms with E-state index in [1.54, 1.807) is 0 Å². The van der Waals surface area contributed by atoms with Gasteiger partial charge in [-0.1, -0.05) is 20.8 Å². The number of amides is 1. The minimum atomic E-state index is -0.0602. The molecule has 0 aromatic heterocycles. The lowest BCUT2D eigenvalue weighted by Gasteiger charge is -2.18. The van der Waals surface area contributed by atoms with E-state index in [0.29, 0.717) is 13.2 Å². The number of carbonyl (C=O) groups excluding carboxylic acids is 1. The van der Waals surface area contributed by atoms with Gasteiger partial charge in [-0.3, -0.25) is 4.79 Å². The maximum atomic E-state index is 11.9. The number of likely N-dealkylation sites (N-methyl/N-ethyl adjacent to an activating group) is 1. The number of halogens is 2. The van der Waals surface area contributed by atoms with Crippen LogP contribution in [0.4, 0.5) is 5.69 Å². The normalized spacial score (nSPS) is 11.2. The number of carbonyl (C=O) groups is 1. The molecule has 0 spiro atoms. The molecular formula is C17H31Cl2N3O2. The van der Waals surface area contributed by atoms with Crippen LogP contribution in [0.3, 0.4) is 0 Å². The lowest BCUT2D eigenvalue weighted by atomic mass is 10.1. The summed E-state index contributed by atoms with van der Waals surface area (Å²) in [5, 5.41) is 5.90. The van der Waals surface area contributed by atoms with Gasteiger partial charge in [-0.05, 0) is 44.4 Å². The Bertz CT molecular complexity index is 440. The summed E-state index contributed by atoms with van der Waals surface area (Å²) in [6, 6.07) is 7.52. The van der Waals surface area contributed by atoms with Crippen LogP contribution in [0, 0.1) is 5.92 Å². The largest absolute Gasteiger partial charge is 0.492 e. The first-order chi connectivity index (χ1) is 10.6. The molecule has 2 N–H and O–H groups in total. The summed E-state index contributed by atoms with van der Waals surface area (Å²) in [7, 11) is 1.84. The summed E-state index contributed by atoms with van der Waals surface area (Å²) < 4.78 is 5.72. The Balaban J connectivity index is 0. The minimum absolute atomic E-state index is 0. The number of hydrogen-bond donors (Lipinski definition) is 2. The molecule has 0 saturated carbocycles. The Morgan fingerprint density at radius 2 is 1.75 bits per heavy atom. The molecule has 0 aliphatic carbocycles. The van der Waals surface area contributed by atoms with Crippen LogP contribution in [0.1, 0.15) is 20.8 Å². The predicted octanol–water partition coefficient (Wildman–Crippen LogP) is 3.04. The lowest BCUT2D eigenvalue weighted by Crippen LogP contribution is -2.28. The Labute approximate surface area is 158 Å². The van der Waals surface area contributed by atoms with Gasteiger partial charge in [-0.25, -0.2) is 0 Å². The quantitative estimate of drug-likeness (QED) is 0.655. The Morgan fingerprint density at radius 3 is 2.25 bits per heavy atom. The molecule has 140 valence electrons. The second kappa shape index (κ2) is 14.3. The second-order valence-electron chi connectivity index (χ2n) is 5.35. The van der Waals surface area contributed by atoms with Crippen molar-refractivity contribution >= 4 is 36.4 Å². The Hall–Kier alpha value is -1.01. The molecule has 1 aromatic carbocycles. The first-order valence-corrected chi connectivity index (χ1v) is 8.01. The predicted molar refractivity (Wildman–Crippen MR) is 106 cm³/mol. The van der Waals surface area contributed by atoms with Crippen LogP contribution in [0.2, 0.25) is 0 Å². The van der Waals surface area contributed by atoms with Crippen molar-refractivity contribution in [1.82, 2.24) is 10.2 Å². The first-order valence-electron chi connectivity index (χ1n) is 8.01. The molecule has 1 atom stereocenters. The van der Waals surface area contributed by atoms with Gasteiger partial charge in [0.25, 0.3) is 0 Å². The summed E-state index contributed by atoms with van der Waals surface area (Å²) in [6.07, 6.45) is 0.